The van der Waals surface area contributed by atoms with Gasteiger partial charge in [0.05, 0.1) is 11.7 Å². The standard InChI is InChI=1S/C16H31NO/c1-13-5-4-6-14(11-13)8-10-17-12-15-7-9-16(2,3)18-15/h13-15,17H,4-12H2,1-3H3. The first-order valence-electron chi connectivity index (χ1n) is 7.94. The maximum Gasteiger partial charge on any atom is 0.0707 e. The average Bonchev–Trinajstić information content (AvgIpc) is 2.65. The molecule has 2 aliphatic rings. The zero-order chi connectivity index (χ0) is 13.0. The van der Waals surface area contributed by atoms with E-state index in [0.29, 0.717) is 6.10 Å². The molecule has 2 fully saturated rings. The van der Waals surface area contributed by atoms with Gasteiger partial charge in [-0.1, -0.05) is 26.2 Å². The van der Waals surface area contributed by atoms with Crippen molar-refractivity contribution in [3.05, 3.63) is 0 Å². The summed E-state index contributed by atoms with van der Waals surface area (Å²) >= 11 is 0. The minimum Gasteiger partial charge on any atom is -0.371 e. The molecule has 1 aliphatic heterocycles. The van der Waals surface area contributed by atoms with Crippen molar-refractivity contribution in [3.63, 3.8) is 0 Å². The Morgan fingerprint density at radius 3 is 2.72 bits per heavy atom. The lowest BCUT2D eigenvalue weighted by Gasteiger charge is -2.27. The Labute approximate surface area is 113 Å². The first-order valence-corrected chi connectivity index (χ1v) is 7.94. The van der Waals surface area contributed by atoms with Crippen LogP contribution >= 0.6 is 0 Å². The lowest BCUT2D eigenvalue weighted by atomic mass is 9.81. The largest absolute Gasteiger partial charge is 0.371 e. The summed E-state index contributed by atoms with van der Waals surface area (Å²) in [4.78, 5) is 0. The van der Waals surface area contributed by atoms with Crippen LogP contribution in [0.15, 0.2) is 0 Å². The molecule has 0 aromatic rings. The van der Waals surface area contributed by atoms with Gasteiger partial charge in [-0.3, -0.25) is 0 Å². The van der Waals surface area contributed by atoms with Crippen molar-refractivity contribution in [3.8, 4) is 0 Å². The Morgan fingerprint density at radius 1 is 1.22 bits per heavy atom. The van der Waals surface area contributed by atoms with Crippen LogP contribution < -0.4 is 5.32 Å². The van der Waals surface area contributed by atoms with Crippen molar-refractivity contribution < 1.29 is 4.74 Å². The van der Waals surface area contributed by atoms with Crippen LogP contribution in [0, 0.1) is 11.8 Å². The highest BCUT2D eigenvalue weighted by Crippen LogP contribution is 2.31. The van der Waals surface area contributed by atoms with Gasteiger partial charge in [0, 0.05) is 6.54 Å². The van der Waals surface area contributed by atoms with E-state index >= 15 is 0 Å². The number of nitrogens with one attached hydrogen (secondary N) is 1. The van der Waals surface area contributed by atoms with Crippen molar-refractivity contribution in [2.75, 3.05) is 13.1 Å². The van der Waals surface area contributed by atoms with Crippen molar-refractivity contribution >= 4 is 0 Å². The molecule has 18 heavy (non-hydrogen) atoms. The quantitative estimate of drug-likeness (QED) is 0.753. The second kappa shape index (κ2) is 6.38. The van der Waals surface area contributed by atoms with Gasteiger partial charge in [0.15, 0.2) is 0 Å². The van der Waals surface area contributed by atoms with E-state index in [-0.39, 0.29) is 5.60 Å². The maximum absolute atomic E-state index is 6.00. The molecule has 2 rings (SSSR count). The summed E-state index contributed by atoms with van der Waals surface area (Å²) in [5, 5.41) is 3.60. The fourth-order valence-corrected chi connectivity index (χ4v) is 3.61. The van der Waals surface area contributed by atoms with Crippen LogP contribution in [0.25, 0.3) is 0 Å². The Hall–Kier alpha value is -0.0800. The van der Waals surface area contributed by atoms with Crippen molar-refractivity contribution in [2.24, 2.45) is 11.8 Å². The Bertz CT molecular complexity index is 247. The molecule has 1 aliphatic carbocycles. The third-order valence-corrected chi connectivity index (χ3v) is 4.70. The van der Waals surface area contributed by atoms with Crippen LogP contribution in [0.1, 0.15) is 65.7 Å². The smallest absolute Gasteiger partial charge is 0.0707 e. The highest BCUT2D eigenvalue weighted by molar-refractivity contribution is 4.82. The summed E-state index contributed by atoms with van der Waals surface area (Å²) in [5.74, 6) is 1.94. The van der Waals surface area contributed by atoms with Gasteiger partial charge < -0.3 is 10.1 Å². The Morgan fingerprint density at radius 2 is 2.06 bits per heavy atom. The Balaban J connectivity index is 1.54. The van der Waals surface area contributed by atoms with Crippen molar-refractivity contribution in [1.29, 1.82) is 0 Å². The summed E-state index contributed by atoms with van der Waals surface area (Å²) < 4.78 is 6.00. The van der Waals surface area contributed by atoms with E-state index < -0.39 is 0 Å². The van der Waals surface area contributed by atoms with Gasteiger partial charge >= 0.3 is 0 Å². The molecule has 3 unspecified atom stereocenters. The average molecular weight is 253 g/mol. The molecule has 1 saturated heterocycles. The first-order chi connectivity index (χ1) is 8.55. The molecule has 1 N–H and O–H groups in total. The predicted molar refractivity (Wildman–Crippen MR) is 76.8 cm³/mol. The lowest BCUT2D eigenvalue weighted by Crippen LogP contribution is -2.31. The molecular formula is C16H31NO. The van der Waals surface area contributed by atoms with Gasteiger partial charge in [-0.05, 0) is 57.9 Å². The third-order valence-electron chi connectivity index (χ3n) is 4.70. The van der Waals surface area contributed by atoms with Crippen LogP contribution in [0.2, 0.25) is 0 Å². The fourth-order valence-electron chi connectivity index (χ4n) is 3.61. The fraction of sp³-hybridized carbons (Fsp3) is 1.00. The molecule has 0 amide bonds. The predicted octanol–water partition coefficient (Wildman–Crippen LogP) is 3.75. The van der Waals surface area contributed by atoms with Gasteiger partial charge in [0.1, 0.15) is 0 Å². The summed E-state index contributed by atoms with van der Waals surface area (Å²) in [6, 6.07) is 0. The lowest BCUT2D eigenvalue weighted by molar-refractivity contribution is -0.0142. The molecule has 0 aromatic carbocycles. The second-order valence-corrected chi connectivity index (χ2v) is 7.17. The molecular weight excluding hydrogens is 222 g/mol. The summed E-state index contributed by atoms with van der Waals surface area (Å²) in [6.07, 6.45) is 10.1. The van der Waals surface area contributed by atoms with Crippen LogP contribution in [-0.4, -0.2) is 24.8 Å². The van der Waals surface area contributed by atoms with Gasteiger partial charge in [0.25, 0.3) is 0 Å². The van der Waals surface area contributed by atoms with Gasteiger partial charge in [0.2, 0.25) is 0 Å². The van der Waals surface area contributed by atoms with E-state index in [1.54, 1.807) is 0 Å². The van der Waals surface area contributed by atoms with Crippen LogP contribution in [-0.2, 0) is 4.74 Å². The van der Waals surface area contributed by atoms with E-state index in [1.165, 1.54) is 51.5 Å². The summed E-state index contributed by atoms with van der Waals surface area (Å²) in [6.45, 7) is 9.05. The molecule has 2 heteroatoms. The Kier molecular flexibility index (Phi) is 5.08. The van der Waals surface area contributed by atoms with Crippen molar-refractivity contribution in [2.45, 2.75) is 77.4 Å². The molecule has 0 bridgehead atoms. The first kappa shape index (κ1) is 14.3. The molecule has 2 nitrogen and oxygen atoms in total. The van der Waals surface area contributed by atoms with E-state index in [2.05, 4.69) is 26.1 Å². The minimum absolute atomic E-state index is 0.116. The maximum atomic E-state index is 6.00. The van der Waals surface area contributed by atoms with Crippen molar-refractivity contribution in [1.82, 2.24) is 5.32 Å². The van der Waals surface area contributed by atoms with Crippen LogP contribution in [0.5, 0.6) is 0 Å². The monoisotopic (exact) mass is 253 g/mol. The van der Waals surface area contributed by atoms with Crippen LogP contribution in [0.4, 0.5) is 0 Å². The highest BCUT2D eigenvalue weighted by atomic mass is 16.5. The van der Waals surface area contributed by atoms with E-state index in [0.717, 1.165) is 18.4 Å². The summed E-state index contributed by atoms with van der Waals surface area (Å²) in [7, 11) is 0. The SMILES string of the molecule is CC1CCCC(CCNCC2CCC(C)(C)O2)C1. The molecule has 1 saturated carbocycles. The number of rotatable bonds is 5. The topological polar surface area (TPSA) is 21.3 Å². The molecule has 0 aromatic heterocycles. The third kappa shape index (κ3) is 4.55. The van der Waals surface area contributed by atoms with E-state index in [4.69, 9.17) is 4.74 Å². The molecule has 106 valence electrons. The zero-order valence-corrected chi connectivity index (χ0v) is 12.5. The number of hydrogen-bond acceptors (Lipinski definition) is 2. The summed E-state index contributed by atoms with van der Waals surface area (Å²) in [5.41, 5.74) is 0.116. The van der Waals surface area contributed by atoms with Gasteiger partial charge in [-0.25, -0.2) is 0 Å². The van der Waals surface area contributed by atoms with Crippen LogP contribution in [0.3, 0.4) is 0 Å². The number of ether oxygens (including phenoxy) is 1. The van der Waals surface area contributed by atoms with E-state index in [9.17, 15) is 0 Å². The molecule has 3 atom stereocenters. The zero-order valence-electron chi connectivity index (χ0n) is 12.5. The van der Waals surface area contributed by atoms with E-state index in [1.807, 2.05) is 0 Å². The second-order valence-electron chi connectivity index (χ2n) is 7.17. The highest BCUT2D eigenvalue weighted by Gasteiger charge is 2.31. The van der Waals surface area contributed by atoms with Gasteiger partial charge in [-0.2, -0.15) is 0 Å². The molecule has 1 heterocycles. The molecule has 0 spiro atoms. The number of hydrogen-bond donors (Lipinski definition) is 1. The molecule has 0 radical (unpaired) electrons. The minimum atomic E-state index is 0.116. The van der Waals surface area contributed by atoms with Gasteiger partial charge in [-0.15, -0.1) is 0 Å². The normalized spacial score (nSPS) is 35.8.